The number of halogens is 3. The van der Waals surface area contributed by atoms with E-state index in [4.69, 9.17) is 5.73 Å². The van der Waals surface area contributed by atoms with Crippen LogP contribution in [0.1, 0.15) is 36.9 Å². The van der Waals surface area contributed by atoms with Gasteiger partial charge in [0.05, 0.1) is 5.56 Å². The minimum absolute atomic E-state index is 0.0335. The molecule has 5 heteroatoms. The van der Waals surface area contributed by atoms with Crippen LogP contribution < -0.4 is 5.73 Å². The average molecular weight is 274 g/mol. The van der Waals surface area contributed by atoms with E-state index in [0.717, 1.165) is 37.1 Å². The van der Waals surface area contributed by atoms with Gasteiger partial charge < -0.3 is 5.73 Å². The van der Waals surface area contributed by atoms with Crippen LogP contribution in [0.15, 0.2) is 24.3 Å². The van der Waals surface area contributed by atoms with Crippen LogP contribution in [0.3, 0.4) is 0 Å². The first-order valence-electron chi connectivity index (χ1n) is 6.47. The summed E-state index contributed by atoms with van der Waals surface area (Å²) in [6.45, 7) is 3.38. The van der Waals surface area contributed by atoms with Crippen LogP contribution in [-0.4, -0.2) is 25.0 Å². The van der Waals surface area contributed by atoms with Crippen LogP contribution in [0.5, 0.6) is 0 Å². The standard InChI is InChI=1S/C14H21F3N2/c1-3-4-9-19(2)13(10-18)11-5-7-12(8-6-11)14(15,16)17/h5-8,13H,3-4,9-10,18H2,1-2H3. The van der Waals surface area contributed by atoms with Crippen LogP contribution in [0.4, 0.5) is 13.2 Å². The number of hydrogen-bond donors (Lipinski definition) is 1. The van der Waals surface area contributed by atoms with E-state index >= 15 is 0 Å². The van der Waals surface area contributed by atoms with Gasteiger partial charge in [0.15, 0.2) is 0 Å². The van der Waals surface area contributed by atoms with Gasteiger partial charge in [0.2, 0.25) is 0 Å². The zero-order chi connectivity index (χ0) is 14.5. The molecule has 0 saturated heterocycles. The Hall–Kier alpha value is -1.07. The number of nitrogens with zero attached hydrogens (tertiary/aromatic N) is 1. The molecule has 1 aromatic rings. The quantitative estimate of drug-likeness (QED) is 0.861. The summed E-state index contributed by atoms with van der Waals surface area (Å²) in [4.78, 5) is 2.09. The molecule has 0 radical (unpaired) electrons. The fourth-order valence-corrected chi connectivity index (χ4v) is 2.03. The molecular formula is C14H21F3N2. The number of hydrogen-bond acceptors (Lipinski definition) is 2. The van der Waals surface area contributed by atoms with E-state index < -0.39 is 11.7 Å². The predicted molar refractivity (Wildman–Crippen MR) is 70.8 cm³/mol. The van der Waals surface area contributed by atoms with Gasteiger partial charge >= 0.3 is 6.18 Å². The third-order valence-electron chi connectivity index (χ3n) is 3.24. The molecule has 1 aromatic carbocycles. The Balaban J connectivity index is 2.82. The van der Waals surface area contributed by atoms with E-state index in [0.29, 0.717) is 6.54 Å². The topological polar surface area (TPSA) is 29.3 Å². The first-order chi connectivity index (χ1) is 8.90. The van der Waals surface area contributed by atoms with Crippen molar-refractivity contribution in [2.45, 2.75) is 32.0 Å². The largest absolute Gasteiger partial charge is 0.416 e. The molecule has 0 fully saturated rings. The van der Waals surface area contributed by atoms with Crippen molar-refractivity contribution in [2.24, 2.45) is 5.73 Å². The van der Waals surface area contributed by atoms with Gasteiger partial charge in [0, 0.05) is 12.6 Å². The summed E-state index contributed by atoms with van der Waals surface area (Å²) in [6, 6.07) is 5.23. The summed E-state index contributed by atoms with van der Waals surface area (Å²) in [5, 5.41) is 0. The minimum atomic E-state index is -4.29. The van der Waals surface area contributed by atoms with Gasteiger partial charge in [-0.1, -0.05) is 25.5 Å². The van der Waals surface area contributed by atoms with Gasteiger partial charge in [-0.25, -0.2) is 0 Å². The molecule has 0 saturated carbocycles. The summed E-state index contributed by atoms with van der Waals surface area (Å²) >= 11 is 0. The van der Waals surface area contributed by atoms with Crippen molar-refractivity contribution in [3.8, 4) is 0 Å². The number of likely N-dealkylation sites (N-methyl/N-ethyl adjacent to an activating group) is 1. The number of nitrogens with two attached hydrogens (primary N) is 1. The molecule has 0 heterocycles. The Morgan fingerprint density at radius 3 is 2.21 bits per heavy atom. The molecule has 0 aromatic heterocycles. The fraction of sp³-hybridized carbons (Fsp3) is 0.571. The van der Waals surface area contributed by atoms with Gasteiger partial charge in [-0.2, -0.15) is 13.2 Å². The molecule has 0 bridgehead atoms. The Labute approximate surface area is 112 Å². The molecule has 0 aliphatic heterocycles. The van der Waals surface area contributed by atoms with Crippen LogP contribution in [0, 0.1) is 0 Å². The molecule has 0 spiro atoms. The summed E-state index contributed by atoms with van der Waals surface area (Å²) in [5.41, 5.74) is 5.94. The van der Waals surface area contributed by atoms with Crippen molar-refractivity contribution in [2.75, 3.05) is 20.1 Å². The lowest BCUT2D eigenvalue weighted by molar-refractivity contribution is -0.137. The summed E-state index contributed by atoms with van der Waals surface area (Å²) in [6.07, 6.45) is -2.16. The fourth-order valence-electron chi connectivity index (χ4n) is 2.03. The van der Waals surface area contributed by atoms with Gasteiger partial charge in [-0.3, -0.25) is 4.90 Å². The van der Waals surface area contributed by atoms with Crippen molar-refractivity contribution in [3.63, 3.8) is 0 Å². The summed E-state index contributed by atoms with van der Waals surface area (Å²) < 4.78 is 37.5. The van der Waals surface area contributed by atoms with E-state index in [1.54, 1.807) is 0 Å². The molecule has 108 valence electrons. The summed E-state index contributed by atoms with van der Waals surface area (Å²) in [5.74, 6) is 0. The van der Waals surface area contributed by atoms with Crippen molar-refractivity contribution in [1.29, 1.82) is 0 Å². The lowest BCUT2D eigenvalue weighted by Crippen LogP contribution is -2.31. The van der Waals surface area contributed by atoms with Gasteiger partial charge in [0.25, 0.3) is 0 Å². The maximum atomic E-state index is 12.5. The second-order valence-corrected chi connectivity index (χ2v) is 4.71. The highest BCUT2D eigenvalue weighted by molar-refractivity contribution is 5.27. The maximum Gasteiger partial charge on any atom is 0.416 e. The molecule has 0 aliphatic rings. The lowest BCUT2D eigenvalue weighted by Gasteiger charge is -2.27. The number of alkyl halides is 3. The Morgan fingerprint density at radius 2 is 1.79 bits per heavy atom. The average Bonchev–Trinajstić information content (AvgIpc) is 2.37. The highest BCUT2D eigenvalue weighted by Gasteiger charge is 2.30. The van der Waals surface area contributed by atoms with Crippen molar-refractivity contribution >= 4 is 0 Å². The molecule has 1 rings (SSSR count). The SMILES string of the molecule is CCCCN(C)C(CN)c1ccc(C(F)(F)F)cc1. The number of rotatable bonds is 6. The second kappa shape index (κ2) is 6.91. The van der Waals surface area contributed by atoms with Crippen molar-refractivity contribution in [1.82, 2.24) is 4.90 Å². The smallest absolute Gasteiger partial charge is 0.329 e. The van der Waals surface area contributed by atoms with Crippen LogP contribution in [-0.2, 0) is 6.18 Å². The third kappa shape index (κ3) is 4.51. The molecule has 1 unspecified atom stereocenters. The number of unbranched alkanes of at least 4 members (excludes halogenated alkanes) is 1. The second-order valence-electron chi connectivity index (χ2n) is 4.71. The van der Waals surface area contributed by atoms with E-state index in [-0.39, 0.29) is 6.04 Å². The molecule has 19 heavy (non-hydrogen) atoms. The first kappa shape index (κ1) is 16.0. The molecule has 2 N–H and O–H groups in total. The minimum Gasteiger partial charge on any atom is -0.329 e. The molecule has 0 aliphatic carbocycles. The molecule has 2 nitrogen and oxygen atoms in total. The van der Waals surface area contributed by atoms with Crippen LogP contribution in [0.2, 0.25) is 0 Å². The van der Waals surface area contributed by atoms with Crippen LogP contribution >= 0.6 is 0 Å². The van der Waals surface area contributed by atoms with E-state index in [1.807, 2.05) is 7.05 Å². The Bertz CT molecular complexity index is 373. The van der Waals surface area contributed by atoms with Gasteiger partial charge in [-0.15, -0.1) is 0 Å². The number of benzene rings is 1. The van der Waals surface area contributed by atoms with E-state index in [2.05, 4.69) is 11.8 Å². The monoisotopic (exact) mass is 274 g/mol. The zero-order valence-corrected chi connectivity index (χ0v) is 11.4. The van der Waals surface area contributed by atoms with Crippen molar-refractivity contribution in [3.05, 3.63) is 35.4 Å². The van der Waals surface area contributed by atoms with E-state index in [9.17, 15) is 13.2 Å². The van der Waals surface area contributed by atoms with Gasteiger partial charge in [-0.05, 0) is 37.7 Å². The van der Waals surface area contributed by atoms with E-state index in [1.165, 1.54) is 12.1 Å². The molecule has 0 amide bonds. The van der Waals surface area contributed by atoms with Crippen LogP contribution in [0.25, 0.3) is 0 Å². The normalized spacial score (nSPS) is 13.8. The highest BCUT2D eigenvalue weighted by atomic mass is 19.4. The Kier molecular flexibility index (Phi) is 5.82. The van der Waals surface area contributed by atoms with Crippen molar-refractivity contribution < 1.29 is 13.2 Å². The Morgan fingerprint density at radius 1 is 1.21 bits per heavy atom. The maximum absolute atomic E-state index is 12.5. The zero-order valence-electron chi connectivity index (χ0n) is 11.4. The molecular weight excluding hydrogens is 253 g/mol. The lowest BCUT2D eigenvalue weighted by atomic mass is 10.0. The highest BCUT2D eigenvalue weighted by Crippen LogP contribution is 2.30. The predicted octanol–water partition coefficient (Wildman–Crippen LogP) is 3.44. The van der Waals surface area contributed by atoms with Gasteiger partial charge in [0.1, 0.15) is 0 Å². The summed E-state index contributed by atoms with van der Waals surface area (Å²) in [7, 11) is 1.95. The first-order valence-corrected chi connectivity index (χ1v) is 6.47. The molecule has 1 atom stereocenters. The third-order valence-corrected chi connectivity index (χ3v) is 3.24.